The maximum absolute atomic E-state index is 8.93. The predicted octanol–water partition coefficient (Wildman–Crippen LogP) is 1.02. The second-order valence-corrected chi connectivity index (χ2v) is 0.749. The lowest BCUT2D eigenvalue weighted by molar-refractivity contribution is 0.154. The second-order valence-electron chi connectivity index (χ2n) is 0.749. The van der Waals surface area contributed by atoms with Crippen LogP contribution in [0.1, 0.15) is 6.92 Å². The minimum atomic E-state index is 0.365. The lowest BCUT2D eigenvalue weighted by Crippen LogP contribution is -1.71. The summed E-state index contributed by atoms with van der Waals surface area (Å²) in [6.45, 7) is 2.06. The van der Waals surface area contributed by atoms with Gasteiger partial charge in [-0.3, -0.25) is 0 Å². The highest BCUT2D eigenvalue weighted by molar-refractivity contribution is 4.01. The fourth-order valence-corrected chi connectivity index (χ4v) is 0.0527. The maximum Gasteiger partial charge on any atom is 0.155 e. The van der Waals surface area contributed by atoms with Crippen LogP contribution in [0.2, 0.25) is 0 Å². The first kappa shape index (κ1) is 10.7. The maximum atomic E-state index is 8.93. The molecule has 0 saturated carbocycles. The topological polar surface area (TPSA) is 77.3 Å². The highest BCUT2D eigenvalue weighted by atomic mass is 16.7. The highest BCUT2D eigenvalue weighted by Gasteiger charge is 1.62. The SMILES string of the molecule is CCON=O.CON=O. The third-order valence-corrected chi connectivity index (χ3v) is 0.256. The zero-order chi connectivity index (χ0) is 7.54. The molecule has 0 aliphatic heterocycles. The van der Waals surface area contributed by atoms with E-state index in [1.807, 2.05) is 5.34 Å². The summed E-state index contributed by atoms with van der Waals surface area (Å²) in [6, 6.07) is 0. The lowest BCUT2D eigenvalue weighted by atomic mass is 10.9. The van der Waals surface area contributed by atoms with E-state index in [-0.39, 0.29) is 0 Å². The molecule has 0 bridgehead atoms. The molecule has 0 spiro atoms. The molecule has 9 heavy (non-hydrogen) atoms. The van der Waals surface area contributed by atoms with Crippen molar-refractivity contribution in [2.45, 2.75) is 6.92 Å². The first-order valence-electron chi connectivity index (χ1n) is 2.13. The Morgan fingerprint density at radius 3 is 1.78 bits per heavy atom. The standard InChI is InChI=1S/C2H5NO2.CH3NO2/c1-2-5-3-4;1-4-2-3/h2H2,1H3;1H3. The van der Waals surface area contributed by atoms with E-state index < -0.39 is 0 Å². The Hall–Kier alpha value is -1.20. The fraction of sp³-hybridized carbons (Fsp3) is 1.00. The van der Waals surface area contributed by atoms with E-state index in [1.165, 1.54) is 7.11 Å². The Bertz CT molecular complexity index is 66.8. The van der Waals surface area contributed by atoms with Crippen LogP contribution >= 0.6 is 0 Å². The van der Waals surface area contributed by atoms with Gasteiger partial charge in [-0.1, -0.05) is 0 Å². The van der Waals surface area contributed by atoms with E-state index in [9.17, 15) is 0 Å². The molecule has 0 unspecified atom stereocenters. The monoisotopic (exact) mass is 136 g/mol. The summed E-state index contributed by atoms with van der Waals surface area (Å²) in [7, 11) is 1.20. The summed E-state index contributed by atoms with van der Waals surface area (Å²) >= 11 is 0. The van der Waals surface area contributed by atoms with Gasteiger partial charge < -0.3 is 9.68 Å². The molecule has 0 radical (unpaired) electrons. The third-order valence-electron chi connectivity index (χ3n) is 0.256. The molecule has 6 nitrogen and oxygen atoms in total. The first-order chi connectivity index (χ1) is 4.33. The Labute approximate surface area is 52.0 Å². The van der Waals surface area contributed by atoms with Crippen LogP contribution in [0.4, 0.5) is 0 Å². The van der Waals surface area contributed by atoms with E-state index in [4.69, 9.17) is 9.81 Å². The summed E-state index contributed by atoms with van der Waals surface area (Å²) in [5.74, 6) is 0. The van der Waals surface area contributed by atoms with Crippen LogP contribution in [0.25, 0.3) is 0 Å². The minimum Gasteiger partial charge on any atom is -0.367 e. The minimum absolute atomic E-state index is 0.365. The number of rotatable bonds is 3. The van der Waals surface area contributed by atoms with Crippen LogP contribution in [0, 0.1) is 9.81 Å². The third kappa shape index (κ3) is 48.4. The van der Waals surface area contributed by atoms with E-state index >= 15 is 0 Å². The average molecular weight is 136 g/mol. The molecule has 0 aliphatic carbocycles. The summed E-state index contributed by atoms with van der Waals surface area (Å²) in [6.07, 6.45) is 0. The Morgan fingerprint density at radius 1 is 1.33 bits per heavy atom. The molecule has 0 rings (SSSR count). The van der Waals surface area contributed by atoms with Crippen molar-refractivity contribution in [3.63, 3.8) is 0 Å². The van der Waals surface area contributed by atoms with E-state index in [1.54, 1.807) is 6.92 Å². The number of hydrogen-bond acceptors (Lipinski definition) is 6. The van der Waals surface area contributed by atoms with E-state index in [0.717, 1.165) is 0 Å². The highest BCUT2D eigenvalue weighted by Crippen LogP contribution is 1.65. The smallest absolute Gasteiger partial charge is 0.155 e. The van der Waals surface area contributed by atoms with Gasteiger partial charge in [-0.2, -0.15) is 0 Å². The van der Waals surface area contributed by atoms with Gasteiger partial charge >= 0.3 is 0 Å². The van der Waals surface area contributed by atoms with Crippen molar-refractivity contribution in [3.05, 3.63) is 9.81 Å². The molecular formula is C3H8N2O4. The van der Waals surface area contributed by atoms with Crippen molar-refractivity contribution in [1.82, 2.24) is 0 Å². The zero-order valence-corrected chi connectivity index (χ0v) is 5.23. The molecule has 6 heteroatoms. The van der Waals surface area contributed by atoms with E-state index in [0.29, 0.717) is 6.61 Å². The Balaban J connectivity index is 0. The Morgan fingerprint density at radius 2 is 1.78 bits per heavy atom. The van der Waals surface area contributed by atoms with Gasteiger partial charge in [0.15, 0.2) is 10.7 Å². The first-order valence-corrected chi connectivity index (χ1v) is 2.13. The summed E-state index contributed by atoms with van der Waals surface area (Å²) < 4.78 is 0. The van der Waals surface area contributed by atoms with Crippen molar-refractivity contribution in [2.24, 2.45) is 10.7 Å². The zero-order valence-electron chi connectivity index (χ0n) is 5.23. The summed E-state index contributed by atoms with van der Waals surface area (Å²) in [5.41, 5.74) is 0. The van der Waals surface area contributed by atoms with Crippen LogP contribution in [-0.4, -0.2) is 13.7 Å². The normalized spacial score (nSPS) is 6.00. The van der Waals surface area contributed by atoms with Gasteiger partial charge in [0.2, 0.25) is 0 Å². The average Bonchev–Trinajstić information content (AvgIpc) is 1.91. The molecule has 0 N–H and O–H groups in total. The van der Waals surface area contributed by atoms with Gasteiger partial charge in [0.05, 0.1) is 0 Å². The van der Waals surface area contributed by atoms with Crippen molar-refractivity contribution >= 4 is 0 Å². The van der Waals surface area contributed by atoms with Crippen molar-refractivity contribution < 1.29 is 9.68 Å². The van der Waals surface area contributed by atoms with Crippen LogP contribution in [0.15, 0.2) is 10.7 Å². The molecule has 0 saturated heterocycles. The van der Waals surface area contributed by atoms with Gasteiger partial charge in [0.25, 0.3) is 0 Å². The van der Waals surface area contributed by atoms with Crippen LogP contribution in [0.3, 0.4) is 0 Å². The molecule has 0 aliphatic rings. The number of hydrogen-bond donors (Lipinski definition) is 0. The van der Waals surface area contributed by atoms with Crippen LogP contribution in [-0.2, 0) is 9.68 Å². The Kier molecular flexibility index (Phi) is 18.9. The van der Waals surface area contributed by atoms with Crippen LogP contribution < -0.4 is 0 Å². The largest absolute Gasteiger partial charge is 0.367 e. The quantitative estimate of drug-likeness (QED) is 0.428. The van der Waals surface area contributed by atoms with Gasteiger partial charge in [-0.15, -0.1) is 9.81 Å². The second kappa shape index (κ2) is 15.8. The molecule has 54 valence electrons. The molecule has 0 aromatic carbocycles. The van der Waals surface area contributed by atoms with Gasteiger partial charge in [-0.25, -0.2) is 0 Å². The van der Waals surface area contributed by atoms with E-state index in [2.05, 4.69) is 15.0 Å². The van der Waals surface area contributed by atoms with Crippen molar-refractivity contribution in [1.29, 1.82) is 0 Å². The molecule has 0 aromatic rings. The van der Waals surface area contributed by atoms with Crippen LogP contribution in [0.5, 0.6) is 0 Å². The van der Waals surface area contributed by atoms with Gasteiger partial charge in [0.1, 0.15) is 13.7 Å². The van der Waals surface area contributed by atoms with Gasteiger partial charge in [0, 0.05) is 0 Å². The van der Waals surface area contributed by atoms with Crippen molar-refractivity contribution in [3.8, 4) is 0 Å². The molecule has 0 fully saturated rings. The molecule has 0 heterocycles. The summed E-state index contributed by atoms with van der Waals surface area (Å²) in [5, 5.41) is 4.09. The molecule has 0 amide bonds. The number of nitrogens with zero attached hydrogens (tertiary/aromatic N) is 2. The fourth-order valence-electron chi connectivity index (χ4n) is 0.0527. The molecule has 0 atom stereocenters. The van der Waals surface area contributed by atoms with Gasteiger partial charge in [-0.05, 0) is 6.92 Å². The molecular weight excluding hydrogens is 128 g/mol. The van der Waals surface area contributed by atoms with Crippen molar-refractivity contribution in [2.75, 3.05) is 13.7 Å². The lowest BCUT2D eigenvalue weighted by Gasteiger charge is -1.76. The predicted molar refractivity (Wildman–Crippen MR) is 30.2 cm³/mol. The molecule has 0 aromatic heterocycles. The summed E-state index contributed by atoms with van der Waals surface area (Å²) in [4.78, 5) is 25.1.